The zero-order valence-corrected chi connectivity index (χ0v) is 11.2. The molecule has 0 aromatic carbocycles. The summed E-state index contributed by atoms with van der Waals surface area (Å²) in [6.45, 7) is 0.487. The Morgan fingerprint density at radius 1 is 1.44 bits per heavy atom. The van der Waals surface area contributed by atoms with Crippen molar-refractivity contribution in [3.8, 4) is 0 Å². The summed E-state index contributed by atoms with van der Waals surface area (Å²) in [5.74, 6) is 0.681. The average Bonchev–Trinajstić information content (AvgIpc) is 2.70. The third-order valence-electron chi connectivity index (χ3n) is 2.27. The van der Waals surface area contributed by atoms with Gasteiger partial charge in [-0.05, 0) is 18.0 Å². The van der Waals surface area contributed by atoms with Crippen molar-refractivity contribution in [3.63, 3.8) is 0 Å². The second kappa shape index (κ2) is 5.07. The molecule has 98 valence electrons. The molecule has 2 N–H and O–H groups in total. The van der Waals surface area contributed by atoms with Crippen LogP contribution < -0.4 is 5.32 Å². The van der Waals surface area contributed by atoms with Gasteiger partial charge in [-0.25, -0.2) is 8.42 Å². The van der Waals surface area contributed by atoms with Gasteiger partial charge in [-0.1, -0.05) is 0 Å². The predicted molar refractivity (Wildman–Crippen MR) is 69.5 cm³/mol. The van der Waals surface area contributed by atoms with Crippen LogP contribution in [0, 0.1) is 0 Å². The van der Waals surface area contributed by atoms with Gasteiger partial charge in [-0.2, -0.15) is 15.1 Å². The molecule has 2 aromatic heterocycles. The number of sulfone groups is 1. The van der Waals surface area contributed by atoms with E-state index in [2.05, 4.69) is 25.5 Å². The lowest BCUT2D eigenvalue weighted by atomic mass is 10.4. The first-order chi connectivity index (χ1) is 8.46. The summed E-state index contributed by atoms with van der Waals surface area (Å²) in [5.41, 5.74) is 0.542. The first-order valence-corrected chi connectivity index (χ1v) is 7.68. The van der Waals surface area contributed by atoms with Gasteiger partial charge in [0, 0.05) is 12.8 Å². The lowest BCUT2D eigenvalue weighted by molar-refractivity contribution is 0.600. The van der Waals surface area contributed by atoms with E-state index in [1.54, 1.807) is 6.20 Å². The van der Waals surface area contributed by atoms with Crippen LogP contribution in [0.4, 0.5) is 5.82 Å². The van der Waals surface area contributed by atoms with Crippen molar-refractivity contribution in [2.24, 2.45) is 0 Å². The third kappa shape index (κ3) is 3.30. The van der Waals surface area contributed by atoms with Gasteiger partial charge in [-0.3, -0.25) is 5.10 Å². The Hall–Kier alpha value is -1.41. The Balaban J connectivity index is 2.05. The predicted octanol–water partition coefficient (Wildman–Crippen LogP) is 0.853. The van der Waals surface area contributed by atoms with Gasteiger partial charge in [0.05, 0.1) is 17.3 Å². The maximum absolute atomic E-state index is 11.0. The van der Waals surface area contributed by atoms with Gasteiger partial charge < -0.3 is 5.32 Å². The molecule has 0 saturated carbocycles. The van der Waals surface area contributed by atoms with Gasteiger partial charge in [0.2, 0.25) is 5.28 Å². The first kappa shape index (κ1) is 13.0. The summed E-state index contributed by atoms with van der Waals surface area (Å²) in [4.78, 5) is 8.01. The number of hydrogen-bond donors (Lipinski definition) is 2. The molecular weight excluding hydrogens is 278 g/mol. The molecule has 0 aliphatic carbocycles. The van der Waals surface area contributed by atoms with Crippen molar-refractivity contribution in [1.82, 2.24) is 20.2 Å². The maximum Gasteiger partial charge on any atom is 0.226 e. The molecular formula is C9H12ClN5O2S. The van der Waals surface area contributed by atoms with E-state index in [4.69, 9.17) is 11.6 Å². The van der Waals surface area contributed by atoms with Crippen LogP contribution in [0.25, 0.3) is 11.0 Å². The van der Waals surface area contributed by atoms with E-state index >= 15 is 0 Å². The number of halogens is 1. The average molecular weight is 290 g/mol. The number of aromatic amines is 1. The van der Waals surface area contributed by atoms with E-state index in [0.29, 0.717) is 24.4 Å². The van der Waals surface area contributed by atoms with Crippen LogP contribution in [0.2, 0.25) is 5.28 Å². The summed E-state index contributed by atoms with van der Waals surface area (Å²) in [5, 5.41) is 10.4. The first-order valence-electron chi connectivity index (χ1n) is 5.24. The molecule has 2 aromatic rings. The van der Waals surface area contributed by atoms with Crippen LogP contribution in [0.3, 0.4) is 0 Å². The molecule has 0 atom stereocenters. The van der Waals surface area contributed by atoms with Crippen molar-refractivity contribution in [3.05, 3.63) is 11.5 Å². The molecule has 0 aliphatic rings. The quantitative estimate of drug-likeness (QED) is 0.625. The third-order valence-corrected chi connectivity index (χ3v) is 3.47. The summed E-state index contributed by atoms with van der Waals surface area (Å²) in [6, 6.07) is 0. The number of anilines is 1. The Morgan fingerprint density at radius 3 is 2.94 bits per heavy atom. The largest absolute Gasteiger partial charge is 0.369 e. The molecule has 0 spiro atoms. The van der Waals surface area contributed by atoms with E-state index in [-0.39, 0.29) is 11.0 Å². The van der Waals surface area contributed by atoms with Crippen molar-refractivity contribution < 1.29 is 8.42 Å². The summed E-state index contributed by atoms with van der Waals surface area (Å²) < 4.78 is 22.0. The molecule has 9 heteroatoms. The van der Waals surface area contributed by atoms with E-state index in [0.717, 1.165) is 5.39 Å². The highest BCUT2D eigenvalue weighted by Gasteiger charge is 2.08. The summed E-state index contributed by atoms with van der Waals surface area (Å²) >= 11 is 5.76. The SMILES string of the molecule is CS(=O)(=O)CCCNc1nc(Cl)nc2[nH]ncc12. The van der Waals surface area contributed by atoms with Crippen LogP contribution in [0.1, 0.15) is 6.42 Å². The highest BCUT2D eigenvalue weighted by molar-refractivity contribution is 7.90. The van der Waals surface area contributed by atoms with E-state index < -0.39 is 9.84 Å². The zero-order valence-electron chi connectivity index (χ0n) is 9.64. The molecule has 2 heterocycles. The minimum atomic E-state index is -2.94. The number of rotatable bonds is 5. The Labute approximate surface area is 109 Å². The number of fused-ring (bicyclic) bond motifs is 1. The smallest absolute Gasteiger partial charge is 0.226 e. The fourth-order valence-corrected chi connectivity index (χ4v) is 2.32. The Morgan fingerprint density at radius 2 is 2.22 bits per heavy atom. The van der Waals surface area contributed by atoms with Crippen molar-refractivity contribution in [1.29, 1.82) is 0 Å². The topological polar surface area (TPSA) is 101 Å². The maximum atomic E-state index is 11.0. The number of hydrogen-bond acceptors (Lipinski definition) is 6. The van der Waals surface area contributed by atoms with Crippen molar-refractivity contribution in [2.45, 2.75) is 6.42 Å². The van der Waals surface area contributed by atoms with Crippen LogP contribution in [0.5, 0.6) is 0 Å². The van der Waals surface area contributed by atoms with Crippen LogP contribution >= 0.6 is 11.6 Å². The second-order valence-electron chi connectivity index (χ2n) is 3.88. The van der Waals surface area contributed by atoms with E-state index in [1.807, 2.05) is 0 Å². The lowest BCUT2D eigenvalue weighted by Crippen LogP contribution is -2.10. The van der Waals surface area contributed by atoms with Crippen LogP contribution in [-0.4, -0.2) is 47.1 Å². The zero-order chi connectivity index (χ0) is 13.2. The molecule has 0 bridgehead atoms. The fourth-order valence-electron chi connectivity index (χ4n) is 1.48. The Kier molecular flexibility index (Phi) is 3.67. The molecule has 2 rings (SSSR count). The molecule has 0 unspecified atom stereocenters. The van der Waals surface area contributed by atoms with Crippen molar-refractivity contribution >= 4 is 38.3 Å². The number of aromatic nitrogens is 4. The monoisotopic (exact) mass is 289 g/mol. The molecule has 18 heavy (non-hydrogen) atoms. The van der Waals surface area contributed by atoms with Gasteiger partial charge >= 0.3 is 0 Å². The number of H-pyrrole nitrogens is 1. The number of nitrogens with one attached hydrogen (secondary N) is 2. The molecule has 0 fully saturated rings. The van der Waals surface area contributed by atoms with Gasteiger partial charge in [-0.15, -0.1) is 0 Å². The van der Waals surface area contributed by atoms with Crippen molar-refractivity contribution in [2.75, 3.05) is 23.9 Å². The highest BCUT2D eigenvalue weighted by atomic mass is 35.5. The van der Waals surface area contributed by atoms with E-state index in [9.17, 15) is 8.42 Å². The van der Waals surface area contributed by atoms with Gasteiger partial charge in [0.25, 0.3) is 0 Å². The molecule has 0 radical (unpaired) electrons. The Bertz CT molecular complexity index is 654. The summed E-state index contributed by atoms with van der Waals surface area (Å²) in [6.07, 6.45) is 3.30. The van der Waals surface area contributed by atoms with Gasteiger partial charge in [0.1, 0.15) is 15.7 Å². The molecule has 7 nitrogen and oxygen atoms in total. The van der Waals surface area contributed by atoms with Crippen LogP contribution in [-0.2, 0) is 9.84 Å². The summed E-state index contributed by atoms with van der Waals surface area (Å²) in [7, 11) is -2.94. The molecule has 0 aliphatic heterocycles. The highest BCUT2D eigenvalue weighted by Crippen LogP contribution is 2.19. The molecule has 0 amide bonds. The van der Waals surface area contributed by atoms with E-state index in [1.165, 1.54) is 6.26 Å². The second-order valence-corrected chi connectivity index (χ2v) is 6.48. The minimum Gasteiger partial charge on any atom is -0.369 e. The lowest BCUT2D eigenvalue weighted by Gasteiger charge is -2.05. The minimum absolute atomic E-state index is 0.109. The standard InChI is InChI=1S/C9H12ClN5O2S/c1-18(16,17)4-2-3-11-7-6-5-12-15-8(6)14-9(10)13-7/h5H,2-4H2,1H3,(H2,11,12,13,14,15). The normalized spacial score (nSPS) is 11.9. The fraction of sp³-hybridized carbons (Fsp3) is 0.444. The number of nitrogens with zero attached hydrogens (tertiary/aromatic N) is 3. The molecule has 0 saturated heterocycles. The van der Waals surface area contributed by atoms with Crippen LogP contribution in [0.15, 0.2) is 6.20 Å². The van der Waals surface area contributed by atoms with Gasteiger partial charge in [0.15, 0.2) is 5.65 Å².